The lowest BCUT2D eigenvalue weighted by Crippen LogP contribution is -2.05. The molecule has 82 valence electrons. The van der Waals surface area contributed by atoms with Gasteiger partial charge in [-0.05, 0) is 39.7 Å². The van der Waals surface area contributed by atoms with Crippen molar-refractivity contribution in [3.63, 3.8) is 0 Å². The van der Waals surface area contributed by atoms with Crippen LogP contribution in [0.5, 0.6) is 0 Å². The lowest BCUT2D eigenvalue weighted by atomic mass is 10.1. The van der Waals surface area contributed by atoms with Crippen molar-refractivity contribution in [3.05, 3.63) is 17.0 Å². The van der Waals surface area contributed by atoms with Crippen LogP contribution in [0.2, 0.25) is 0 Å². The van der Waals surface area contributed by atoms with Gasteiger partial charge in [0.2, 0.25) is 0 Å². The highest BCUT2D eigenvalue weighted by atomic mass is 15.3. The van der Waals surface area contributed by atoms with Crippen LogP contribution in [-0.4, -0.2) is 9.78 Å². The van der Waals surface area contributed by atoms with Crippen LogP contribution in [0.3, 0.4) is 0 Å². The first-order chi connectivity index (χ1) is 6.57. The molecule has 14 heavy (non-hydrogen) atoms. The molecule has 0 N–H and O–H groups in total. The smallest absolute Gasteiger partial charge is 0.0628 e. The minimum absolute atomic E-state index is 0.476. The van der Waals surface area contributed by atoms with Crippen molar-refractivity contribution >= 4 is 0 Å². The number of hydrogen-bond donors (Lipinski definition) is 0. The van der Waals surface area contributed by atoms with E-state index < -0.39 is 0 Å². The van der Waals surface area contributed by atoms with Gasteiger partial charge in [0.1, 0.15) is 0 Å². The highest BCUT2D eigenvalue weighted by Gasteiger charge is 2.10. The molecule has 1 heterocycles. The maximum absolute atomic E-state index is 4.50. The number of nitrogens with zero attached hydrogens (tertiary/aromatic N) is 2. The Morgan fingerprint density at radius 1 is 1.21 bits per heavy atom. The van der Waals surface area contributed by atoms with Crippen LogP contribution in [0.25, 0.3) is 0 Å². The molecule has 0 saturated carbocycles. The van der Waals surface area contributed by atoms with Crippen molar-refractivity contribution in [2.75, 3.05) is 0 Å². The van der Waals surface area contributed by atoms with Gasteiger partial charge in [0, 0.05) is 11.7 Å². The van der Waals surface area contributed by atoms with Gasteiger partial charge in [-0.15, -0.1) is 0 Å². The van der Waals surface area contributed by atoms with Gasteiger partial charge in [0.05, 0.1) is 5.69 Å². The van der Waals surface area contributed by atoms with Crippen LogP contribution < -0.4 is 0 Å². The van der Waals surface area contributed by atoms with E-state index in [-0.39, 0.29) is 0 Å². The molecule has 0 aromatic carbocycles. The maximum Gasteiger partial charge on any atom is 0.0628 e. The lowest BCUT2D eigenvalue weighted by Gasteiger charge is -2.07. The fraction of sp³-hybridized carbons (Fsp3) is 0.750. The Labute approximate surface area is 88.3 Å². The SMILES string of the molecule is CC.CCc1c(C)nn(C(C)C)c1C. The third-order valence-electron chi connectivity index (χ3n) is 2.32. The molecular weight excluding hydrogens is 172 g/mol. The molecule has 0 saturated heterocycles. The minimum Gasteiger partial charge on any atom is -0.267 e. The number of rotatable bonds is 2. The van der Waals surface area contributed by atoms with Gasteiger partial charge in [-0.3, -0.25) is 4.68 Å². The summed E-state index contributed by atoms with van der Waals surface area (Å²) in [5.74, 6) is 0. The molecule has 0 aliphatic heterocycles. The monoisotopic (exact) mass is 196 g/mol. The van der Waals surface area contributed by atoms with Gasteiger partial charge in [0.25, 0.3) is 0 Å². The molecule has 0 bridgehead atoms. The van der Waals surface area contributed by atoms with Crippen molar-refractivity contribution in [1.82, 2.24) is 9.78 Å². The van der Waals surface area contributed by atoms with E-state index in [4.69, 9.17) is 0 Å². The first-order valence-corrected chi connectivity index (χ1v) is 5.62. The second kappa shape index (κ2) is 5.84. The fourth-order valence-corrected chi connectivity index (χ4v) is 1.71. The Morgan fingerprint density at radius 2 is 1.71 bits per heavy atom. The second-order valence-electron chi connectivity index (χ2n) is 3.54. The highest BCUT2D eigenvalue weighted by Crippen LogP contribution is 2.16. The first kappa shape index (κ1) is 13.2. The van der Waals surface area contributed by atoms with Gasteiger partial charge in [-0.2, -0.15) is 5.10 Å². The van der Waals surface area contributed by atoms with Crippen molar-refractivity contribution in [3.8, 4) is 0 Å². The molecule has 0 aliphatic carbocycles. The van der Waals surface area contributed by atoms with Crippen molar-refractivity contribution in [2.24, 2.45) is 0 Å². The Morgan fingerprint density at radius 3 is 1.93 bits per heavy atom. The van der Waals surface area contributed by atoms with Gasteiger partial charge < -0.3 is 0 Å². The van der Waals surface area contributed by atoms with Crippen LogP contribution in [-0.2, 0) is 6.42 Å². The molecule has 1 aromatic heterocycles. The van der Waals surface area contributed by atoms with Gasteiger partial charge in [0.15, 0.2) is 0 Å². The molecule has 0 radical (unpaired) electrons. The summed E-state index contributed by atoms with van der Waals surface area (Å²) in [5.41, 5.74) is 3.91. The van der Waals surface area contributed by atoms with Crippen molar-refractivity contribution in [2.45, 2.75) is 60.9 Å². The molecule has 0 fully saturated rings. The first-order valence-electron chi connectivity index (χ1n) is 5.62. The van der Waals surface area contributed by atoms with E-state index in [9.17, 15) is 0 Å². The largest absolute Gasteiger partial charge is 0.267 e. The summed E-state index contributed by atoms with van der Waals surface area (Å²) >= 11 is 0. The molecule has 1 rings (SSSR count). The third-order valence-corrected chi connectivity index (χ3v) is 2.32. The topological polar surface area (TPSA) is 17.8 Å². The van der Waals surface area contributed by atoms with E-state index in [1.54, 1.807) is 0 Å². The van der Waals surface area contributed by atoms with Gasteiger partial charge >= 0.3 is 0 Å². The molecule has 0 aliphatic rings. The van der Waals surface area contributed by atoms with Crippen molar-refractivity contribution < 1.29 is 0 Å². The molecule has 0 spiro atoms. The molecule has 1 aromatic rings. The van der Waals surface area contributed by atoms with E-state index in [0.29, 0.717) is 6.04 Å². The van der Waals surface area contributed by atoms with Crippen LogP contribution in [0.1, 0.15) is 57.6 Å². The summed E-state index contributed by atoms with van der Waals surface area (Å²) < 4.78 is 2.11. The number of aromatic nitrogens is 2. The zero-order chi connectivity index (χ0) is 11.3. The van der Waals surface area contributed by atoms with E-state index in [1.165, 1.54) is 17.0 Å². The molecular formula is C12H24N2. The van der Waals surface area contributed by atoms with Crippen molar-refractivity contribution in [1.29, 1.82) is 0 Å². The minimum atomic E-state index is 0.476. The summed E-state index contributed by atoms with van der Waals surface area (Å²) in [6.07, 6.45) is 1.09. The zero-order valence-corrected chi connectivity index (χ0v) is 10.7. The summed E-state index contributed by atoms with van der Waals surface area (Å²) in [6.45, 7) is 14.8. The Balaban J connectivity index is 0.000000791. The normalized spacial score (nSPS) is 10.0. The Kier molecular flexibility index (Phi) is 5.51. The predicted octanol–water partition coefficient (Wildman–Crippen LogP) is 3.67. The van der Waals surface area contributed by atoms with Crippen LogP contribution in [0.15, 0.2) is 0 Å². The third kappa shape index (κ3) is 2.60. The standard InChI is InChI=1S/C10H18N2.C2H6/c1-6-10-8(4)11-12(7(2)3)9(10)5;1-2/h7H,6H2,1-5H3;1-2H3. The van der Waals surface area contributed by atoms with E-state index in [1.807, 2.05) is 13.8 Å². The van der Waals surface area contributed by atoms with E-state index >= 15 is 0 Å². The van der Waals surface area contributed by atoms with Crippen LogP contribution in [0, 0.1) is 13.8 Å². The molecule has 2 heteroatoms. The predicted molar refractivity (Wildman–Crippen MR) is 62.8 cm³/mol. The van der Waals surface area contributed by atoms with Gasteiger partial charge in [-0.1, -0.05) is 20.8 Å². The highest BCUT2D eigenvalue weighted by molar-refractivity contribution is 5.24. The fourth-order valence-electron chi connectivity index (χ4n) is 1.71. The Bertz CT molecular complexity index is 272. The quantitative estimate of drug-likeness (QED) is 0.705. The Hall–Kier alpha value is -0.790. The molecule has 0 unspecified atom stereocenters. The summed E-state index contributed by atoms with van der Waals surface area (Å²) in [7, 11) is 0. The summed E-state index contributed by atoms with van der Waals surface area (Å²) in [4.78, 5) is 0. The maximum atomic E-state index is 4.50. The number of hydrogen-bond acceptors (Lipinski definition) is 1. The van der Waals surface area contributed by atoms with E-state index in [2.05, 4.69) is 44.4 Å². The summed E-state index contributed by atoms with van der Waals surface area (Å²) in [5, 5.41) is 4.50. The molecule has 2 nitrogen and oxygen atoms in total. The summed E-state index contributed by atoms with van der Waals surface area (Å²) in [6, 6.07) is 0.476. The van der Waals surface area contributed by atoms with Crippen LogP contribution in [0.4, 0.5) is 0 Å². The lowest BCUT2D eigenvalue weighted by molar-refractivity contribution is 0.515. The molecule has 0 amide bonds. The zero-order valence-electron chi connectivity index (χ0n) is 10.7. The van der Waals surface area contributed by atoms with E-state index in [0.717, 1.165) is 6.42 Å². The van der Waals surface area contributed by atoms with Crippen LogP contribution >= 0.6 is 0 Å². The van der Waals surface area contributed by atoms with Gasteiger partial charge in [-0.25, -0.2) is 0 Å². The molecule has 0 atom stereocenters. The average Bonchev–Trinajstić information content (AvgIpc) is 2.45. The average molecular weight is 196 g/mol. The second-order valence-corrected chi connectivity index (χ2v) is 3.54. The number of aryl methyl sites for hydroxylation is 1.